The van der Waals surface area contributed by atoms with E-state index in [0.29, 0.717) is 11.5 Å². The minimum Gasteiger partial charge on any atom is -0.476 e. The van der Waals surface area contributed by atoms with Crippen molar-refractivity contribution in [3.8, 4) is 0 Å². The van der Waals surface area contributed by atoms with Gasteiger partial charge in [0.05, 0.1) is 5.69 Å². The molecule has 1 aromatic rings. The lowest BCUT2D eigenvalue weighted by atomic mass is 10.0. The molecule has 1 aliphatic rings. The Kier molecular flexibility index (Phi) is 2.66. The van der Waals surface area contributed by atoms with E-state index in [-0.39, 0.29) is 5.69 Å². The van der Waals surface area contributed by atoms with Crippen LogP contribution in [-0.2, 0) is 0 Å². The summed E-state index contributed by atoms with van der Waals surface area (Å²) in [4.78, 5) is 10.8. The Bertz CT molecular complexity index is 384. The first-order valence-corrected chi connectivity index (χ1v) is 5.26. The van der Waals surface area contributed by atoms with Crippen LogP contribution in [0.4, 0.5) is 0 Å². The number of rotatable bonds is 2. The van der Waals surface area contributed by atoms with Crippen molar-refractivity contribution in [2.24, 2.45) is 0 Å². The van der Waals surface area contributed by atoms with E-state index in [0.717, 1.165) is 18.5 Å². The molecule has 1 aromatic heterocycles. The Hall–Kier alpha value is -1.45. The molecule has 0 bridgehead atoms. The maximum absolute atomic E-state index is 10.8. The highest BCUT2D eigenvalue weighted by Crippen LogP contribution is 2.32. The molecule has 0 spiro atoms. The minimum atomic E-state index is -1.00. The van der Waals surface area contributed by atoms with E-state index in [2.05, 4.69) is 10.2 Å². The smallest absolute Gasteiger partial charge is 0.356 e. The van der Waals surface area contributed by atoms with Gasteiger partial charge in [-0.25, -0.2) is 4.79 Å². The zero-order chi connectivity index (χ0) is 10.8. The Morgan fingerprint density at radius 2 is 2.07 bits per heavy atom. The molecule has 1 N–H and O–H groups in total. The van der Waals surface area contributed by atoms with E-state index >= 15 is 0 Å². The van der Waals surface area contributed by atoms with E-state index in [1.165, 1.54) is 12.8 Å². The largest absolute Gasteiger partial charge is 0.476 e. The fourth-order valence-electron chi connectivity index (χ4n) is 2.14. The molecular weight excluding hydrogens is 192 g/mol. The van der Waals surface area contributed by atoms with Crippen LogP contribution in [0.25, 0.3) is 0 Å². The molecule has 0 atom stereocenters. The van der Waals surface area contributed by atoms with Crippen molar-refractivity contribution in [3.05, 3.63) is 23.0 Å². The molecule has 0 amide bonds. The predicted octanol–water partition coefficient (Wildman–Crippen LogP) is 2.14. The number of carbonyl (C=O) groups is 1. The third-order valence-electron chi connectivity index (χ3n) is 2.98. The van der Waals surface area contributed by atoms with Crippen LogP contribution in [-0.4, -0.2) is 21.3 Å². The number of nitrogens with zero attached hydrogens (tertiary/aromatic N) is 2. The van der Waals surface area contributed by atoms with Gasteiger partial charge >= 0.3 is 5.97 Å². The molecule has 0 radical (unpaired) electrons. The van der Waals surface area contributed by atoms with Crippen LogP contribution in [0.2, 0.25) is 0 Å². The molecule has 0 aromatic carbocycles. The first-order valence-electron chi connectivity index (χ1n) is 5.26. The van der Waals surface area contributed by atoms with E-state index in [9.17, 15) is 4.79 Å². The van der Waals surface area contributed by atoms with Crippen molar-refractivity contribution in [1.29, 1.82) is 0 Å². The standard InChI is InChI=1S/C11H14N2O2/c1-7-6-9(8-4-2-3-5-8)12-13-10(7)11(14)15/h6,8H,2-5H2,1H3,(H,14,15). The molecule has 80 valence electrons. The number of hydrogen-bond donors (Lipinski definition) is 1. The molecule has 1 heterocycles. The van der Waals surface area contributed by atoms with Crippen LogP contribution in [0, 0.1) is 6.92 Å². The summed E-state index contributed by atoms with van der Waals surface area (Å²) in [5.74, 6) is -0.517. The summed E-state index contributed by atoms with van der Waals surface area (Å²) >= 11 is 0. The normalized spacial score (nSPS) is 16.9. The Labute approximate surface area is 88.3 Å². The van der Waals surface area contributed by atoms with Gasteiger partial charge in [-0.3, -0.25) is 0 Å². The maximum atomic E-state index is 10.8. The van der Waals surface area contributed by atoms with Crippen LogP contribution in [0.1, 0.15) is 53.3 Å². The molecule has 4 nitrogen and oxygen atoms in total. The second kappa shape index (κ2) is 3.96. The lowest BCUT2D eigenvalue weighted by Crippen LogP contribution is -2.08. The summed E-state index contributed by atoms with van der Waals surface area (Å²) < 4.78 is 0. The Balaban J connectivity index is 2.28. The number of aromatic carboxylic acids is 1. The van der Waals surface area contributed by atoms with Crippen molar-refractivity contribution in [2.45, 2.75) is 38.5 Å². The zero-order valence-corrected chi connectivity index (χ0v) is 8.73. The maximum Gasteiger partial charge on any atom is 0.356 e. The predicted molar refractivity (Wildman–Crippen MR) is 54.9 cm³/mol. The summed E-state index contributed by atoms with van der Waals surface area (Å²) in [6.07, 6.45) is 4.79. The van der Waals surface area contributed by atoms with Crippen LogP contribution < -0.4 is 0 Å². The molecule has 2 rings (SSSR count). The zero-order valence-electron chi connectivity index (χ0n) is 8.73. The fraction of sp³-hybridized carbons (Fsp3) is 0.545. The Morgan fingerprint density at radius 1 is 1.40 bits per heavy atom. The van der Waals surface area contributed by atoms with E-state index in [4.69, 9.17) is 5.11 Å². The first kappa shape index (κ1) is 10.1. The molecule has 1 fully saturated rings. The molecule has 0 aliphatic heterocycles. The number of carboxylic acid groups (broad SMARTS) is 1. The highest BCUT2D eigenvalue weighted by atomic mass is 16.4. The summed E-state index contributed by atoms with van der Waals surface area (Å²) in [6.45, 7) is 1.77. The lowest BCUT2D eigenvalue weighted by Gasteiger charge is -2.08. The van der Waals surface area contributed by atoms with Gasteiger partial charge in [0.2, 0.25) is 0 Å². The first-order chi connectivity index (χ1) is 7.18. The number of aryl methyl sites for hydroxylation is 1. The average molecular weight is 206 g/mol. The summed E-state index contributed by atoms with van der Waals surface area (Å²) in [6, 6.07) is 1.87. The van der Waals surface area contributed by atoms with Crippen LogP contribution in [0.15, 0.2) is 6.07 Å². The van der Waals surface area contributed by atoms with Gasteiger partial charge < -0.3 is 5.11 Å². The van der Waals surface area contributed by atoms with Gasteiger partial charge in [-0.15, -0.1) is 5.10 Å². The van der Waals surface area contributed by atoms with Crippen LogP contribution >= 0.6 is 0 Å². The second-order valence-corrected chi connectivity index (χ2v) is 4.09. The molecule has 0 unspecified atom stereocenters. The van der Waals surface area contributed by atoms with Crippen molar-refractivity contribution in [1.82, 2.24) is 10.2 Å². The summed E-state index contributed by atoms with van der Waals surface area (Å²) in [5, 5.41) is 16.6. The number of hydrogen-bond acceptors (Lipinski definition) is 3. The Morgan fingerprint density at radius 3 is 2.60 bits per heavy atom. The van der Waals surface area contributed by atoms with Crippen molar-refractivity contribution in [2.75, 3.05) is 0 Å². The summed E-state index contributed by atoms with van der Waals surface area (Å²) in [7, 11) is 0. The van der Waals surface area contributed by atoms with Crippen LogP contribution in [0.3, 0.4) is 0 Å². The lowest BCUT2D eigenvalue weighted by molar-refractivity contribution is 0.0688. The fourth-order valence-corrected chi connectivity index (χ4v) is 2.14. The topological polar surface area (TPSA) is 63.1 Å². The van der Waals surface area contributed by atoms with Crippen molar-refractivity contribution in [3.63, 3.8) is 0 Å². The molecule has 0 saturated heterocycles. The van der Waals surface area contributed by atoms with Gasteiger partial charge in [0.1, 0.15) is 0 Å². The quantitative estimate of drug-likeness (QED) is 0.805. The van der Waals surface area contributed by atoms with Gasteiger partial charge in [0.25, 0.3) is 0 Å². The van der Waals surface area contributed by atoms with Gasteiger partial charge in [0, 0.05) is 5.92 Å². The SMILES string of the molecule is Cc1cc(C2CCCC2)nnc1C(=O)O. The van der Waals surface area contributed by atoms with Gasteiger partial charge in [-0.05, 0) is 31.4 Å². The van der Waals surface area contributed by atoms with E-state index in [1.807, 2.05) is 6.07 Å². The minimum absolute atomic E-state index is 0.0664. The monoisotopic (exact) mass is 206 g/mol. The molecule has 15 heavy (non-hydrogen) atoms. The van der Waals surface area contributed by atoms with Gasteiger partial charge in [-0.1, -0.05) is 12.8 Å². The second-order valence-electron chi connectivity index (χ2n) is 4.09. The molecule has 1 saturated carbocycles. The summed E-state index contributed by atoms with van der Waals surface area (Å²) in [5.41, 5.74) is 1.73. The molecular formula is C11H14N2O2. The van der Waals surface area contributed by atoms with Gasteiger partial charge in [-0.2, -0.15) is 5.10 Å². The van der Waals surface area contributed by atoms with Crippen molar-refractivity contribution >= 4 is 5.97 Å². The van der Waals surface area contributed by atoms with Gasteiger partial charge in [0.15, 0.2) is 5.69 Å². The highest BCUT2D eigenvalue weighted by Gasteiger charge is 2.20. The van der Waals surface area contributed by atoms with Crippen LogP contribution in [0.5, 0.6) is 0 Å². The number of carboxylic acids is 1. The van der Waals surface area contributed by atoms with Crippen molar-refractivity contribution < 1.29 is 9.90 Å². The third-order valence-corrected chi connectivity index (χ3v) is 2.98. The van der Waals surface area contributed by atoms with E-state index < -0.39 is 5.97 Å². The third kappa shape index (κ3) is 1.98. The highest BCUT2D eigenvalue weighted by molar-refractivity contribution is 5.86. The molecule has 4 heteroatoms. The van der Waals surface area contributed by atoms with E-state index in [1.54, 1.807) is 6.92 Å². The average Bonchev–Trinajstić information content (AvgIpc) is 2.69. The molecule has 1 aliphatic carbocycles. The number of aromatic nitrogens is 2.